The Kier molecular flexibility index (Phi) is 6.26. The summed E-state index contributed by atoms with van der Waals surface area (Å²) in [6.07, 6.45) is 5.83. The quantitative estimate of drug-likeness (QED) is 0.718. The Morgan fingerprint density at radius 3 is 2.69 bits per heavy atom. The summed E-state index contributed by atoms with van der Waals surface area (Å²) in [6.45, 7) is 4.39. The van der Waals surface area contributed by atoms with E-state index in [9.17, 15) is 4.79 Å². The highest BCUT2D eigenvalue weighted by Crippen LogP contribution is 2.32. The SMILES string of the molecule is COc1ccccc1Cc1nc2c(c(N3CCOCC3)n1)CN(C(=O)C1CCCC1)CC2. The van der Waals surface area contributed by atoms with E-state index in [1.165, 1.54) is 12.8 Å². The Labute approximate surface area is 189 Å². The molecule has 1 aromatic heterocycles. The van der Waals surface area contributed by atoms with Crippen LogP contribution in [0.5, 0.6) is 5.75 Å². The lowest BCUT2D eigenvalue weighted by Gasteiger charge is -2.35. The lowest BCUT2D eigenvalue weighted by atomic mass is 10.0. The molecule has 170 valence electrons. The zero-order valence-corrected chi connectivity index (χ0v) is 18.9. The molecule has 0 radical (unpaired) electrons. The maximum absolute atomic E-state index is 13.1. The fourth-order valence-corrected chi connectivity index (χ4v) is 5.20. The Hall–Kier alpha value is -2.67. The number of hydrogen-bond acceptors (Lipinski definition) is 6. The molecule has 1 saturated carbocycles. The van der Waals surface area contributed by atoms with E-state index in [1.807, 2.05) is 23.1 Å². The summed E-state index contributed by atoms with van der Waals surface area (Å²) in [5, 5.41) is 0. The molecule has 1 aliphatic carbocycles. The second kappa shape index (κ2) is 9.45. The number of nitrogens with zero attached hydrogens (tertiary/aromatic N) is 4. The van der Waals surface area contributed by atoms with Crippen molar-refractivity contribution < 1.29 is 14.3 Å². The second-order valence-corrected chi connectivity index (χ2v) is 8.97. The summed E-state index contributed by atoms with van der Waals surface area (Å²) < 4.78 is 11.1. The highest BCUT2D eigenvalue weighted by molar-refractivity contribution is 5.79. The third-order valence-electron chi connectivity index (χ3n) is 6.95. The topological polar surface area (TPSA) is 67.8 Å². The monoisotopic (exact) mass is 436 g/mol. The number of ether oxygens (including phenoxy) is 2. The standard InChI is InChI=1S/C25H32N4O3/c1-31-22-9-5-4-8-19(22)16-23-26-21-10-11-29(25(30)18-6-2-3-7-18)17-20(21)24(27-23)28-12-14-32-15-13-28/h4-5,8-9,18H,2-3,6-7,10-17H2,1H3. The molecule has 0 unspecified atom stereocenters. The predicted molar refractivity (Wildman–Crippen MR) is 122 cm³/mol. The molecule has 7 heteroatoms. The van der Waals surface area contributed by atoms with Crippen molar-refractivity contribution in [3.63, 3.8) is 0 Å². The molecule has 2 fully saturated rings. The lowest BCUT2D eigenvalue weighted by Crippen LogP contribution is -2.42. The minimum atomic E-state index is 0.203. The maximum atomic E-state index is 13.1. The minimum absolute atomic E-state index is 0.203. The van der Waals surface area contributed by atoms with Crippen molar-refractivity contribution in [3.05, 3.63) is 46.9 Å². The van der Waals surface area contributed by atoms with E-state index in [0.29, 0.717) is 32.1 Å². The number of para-hydroxylation sites is 1. The van der Waals surface area contributed by atoms with Crippen molar-refractivity contribution in [2.75, 3.05) is 44.9 Å². The van der Waals surface area contributed by atoms with Gasteiger partial charge in [0.15, 0.2) is 0 Å². The summed E-state index contributed by atoms with van der Waals surface area (Å²) in [5.41, 5.74) is 3.28. The zero-order valence-electron chi connectivity index (χ0n) is 18.9. The van der Waals surface area contributed by atoms with Crippen LogP contribution in [-0.4, -0.2) is 60.7 Å². The van der Waals surface area contributed by atoms with Gasteiger partial charge in [0.25, 0.3) is 0 Å². The summed E-state index contributed by atoms with van der Waals surface area (Å²) in [6, 6.07) is 8.04. The Morgan fingerprint density at radius 1 is 1.12 bits per heavy atom. The number of morpholine rings is 1. The number of fused-ring (bicyclic) bond motifs is 1. The molecule has 2 aromatic rings. The fourth-order valence-electron chi connectivity index (χ4n) is 5.20. The molecule has 0 bridgehead atoms. The molecular weight excluding hydrogens is 404 g/mol. The van der Waals surface area contributed by atoms with Crippen LogP contribution in [0.15, 0.2) is 24.3 Å². The summed E-state index contributed by atoms with van der Waals surface area (Å²) in [4.78, 5) is 27.5. The molecule has 1 amide bonds. The normalized spacial score (nSPS) is 19.2. The average Bonchev–Trinajstić information content (AvgIpc) is 3.39. The predicted octanol–water partition coefficient (Wildman–Crippen LogP) is 2.99. The van der Waals surface area contributed by atoms with Gasteiger partial charge in [-0.25, -0.2) is 9.97 Å². The molecule has 0 N–H and O–H groups in total. The first kappa shape index (κ1) is 21.2. The Bertz CT molecular complexity index is 968. The van der Waals surface area contributed by atoms with Gasteiger partial charge in [0.05, 0.1) is 32.6 Å². The average molecular weight is 437 g/mol. The van der Waals surface area contributed by atoms with E-state index in [1.54, 1.807) is 7.11 Å². The number of hydrogen-bond donors (Lipinski definition) is 0. The van der Waals surface area contributed by atoms with Gasteiger partial charge in [-0.3, -0.25) is 4.79 Å². The first-order valence-electron chi connectivity index (χ1n) is 11.8. The van der Waals surface area contributed by atoms with Crippen LogP contribution in [0.3, 0.4) is 0 Å². The number of benzene rings is 1. The van der Waals surface area contributed by atoms with Crippen LogP contribution < -0.4 is 9.64 Å². The van der Waals surface area contributed by atoms with Gasteiger partial charge in [0.1, 0.15) is 17.4 Å². The number of rotatable bonds is 5. The van der Waals surface area contributed by atoms with Crippen molar-refractivity contribution >= 4 is 11.7 Å². The Morgan fingerprint density at radius 2 is 1.91 bits per heavy atom. The number of carbonyl (C=O) groups excluding carboxylic acids is 1. The third kappa shape index (κ3) is 4.31. The summed E-state index contributed by atoms with van der Waals surface area (Å²) in [7, 11) is 1.70. The molecular formula is C25H32N4O3. The lowest BCUT2D eigenvalue weighted by molar-refractivity contribution is -0.136. The highest BCUT2D eigenvalue weighted by atomic mass is 16.5. The van der Waals surface area contributed by atoms with Gasteiger partial charge in [0, 0.05) is 49.5 Å². The molecule has 3 heterocycles. The third-order valence-corrected chi connectivity index (χ3v) is 6.95. The molecule has 0 spiro atoms. The van der Waals surface area contributed by atoms with Crippen molar-refractivity contribution in [3.8, 4) is 5.75 Å². The van der Waals surface area contributed by atoms with Crippen LogP contribution in [0.1, 0.15) is 48.3 Å². The molecule has 5 rings (SSSR count). The van der Waals surface area contributed by atoms with Gasteiger partial charge in [-0.1, -0.05) is 31.0 Å². The summed E-state index contributed by atoms with van der Waals surface area (Å²) in [5.74, 6) is 3.17. The van der Waals surface area contributed by atoms with Crippen LogP contribution in [0, 0.1) is 5.92 Å². The second-order valence-electron chi connectivity index (χ2n) is 8.97. The number of aromatic nitrogens is 2. The first-order chi connectivity index (χ1) is 15.7. The van der Waals surface area contributed by atoms with E-state index in [4.69, 9.17) is 19.4 Å². The van der Waals surface area contributed by atoms with Crippen molar-refractivity contribution in [1.29, 1.82) is 0 Å². The van der Waals surface area contributed by atoms with Crippen LogP contribution in [-0.2, 0) is 28.9 Å². The molecule has 1 saturated heterocycles. The van der Waals surface area contributed by atoms with Crippen molar-refractivity contribution in [2.45, 2.75) is 45.1 Å². The van der Waals surface area contributed by atoms with Crippen molar-refractivity contribution in [1.82, 2.24) is 14.9 Å². The number of carbonyl (C=O) groups is 1. The van der Waals surface area contributed by atoms with Gasteiger partial charge in [-0.2, -0.15) is 0 Å². The molecule has 0 atom stereocenters. The van der Waals surface area contributed by atoms with E-state index in [0.717, 1.165) is 73.1 Å². The molecule has 1 aromatic carbocycles. The van der Waals surface area contributed by atoms with Gasteiger partial charge in [-0.15, -0.1) is 0 Å². The van der Waals surface area contributed by atoms with Crippen molar-refractivity contribution in [2.24, 2.45) is 5.92 Å². The van der Waals surface area contributed by atoms with E-state index < -0.39 is 0 Å². The minimum Gasteiger partial charge on any atom is -0.496 e. The zero-order chi connectivity index (χ0) is 21.9. The number of methoxy groups -OCH3 is 1. The smallest absolute Gasteiger partial charge is 0.225 e. The number of amides is 1. The van der Waals surface area contributed by atoms with E-state index in [-0.39, 0.29) is 5.92 Å². The fraction of sp³-hybridized carbons (Fsp3) is 0.560. The Balaban J connectivity index is 1.46. The van der Waals surface area contributed by atoms with Gasteiger partial charge in [-0.05, 0) is 18.9 Å². The number of anilines is 1. The molecule has 7 nitrogen and oxygen atoms in total. The van der Waals surface area contributed by atoms with Gasteiger partial charge < -0.3 is 19.3 Å². The summed E-state index contributed by atoms with van der Waals surface area (Å²) >= 11 is 0. The largest absolute Gasteiger partial charge is 0.496 e. The van der Waals surface area contributed by atoms with Crippen LogP contribution in [0.2, 0.25) is 0 Å². The highest BCUT2D eigenvalue weighted by Gasteiger charge is 2.32. The van der Waals surface area contributed by atoms with E-state index in [2.05, 4.69) is 11.0 Å². The molecule has 3 aliphatic rings. The van der Waals surface area contributed by atoms with Crippen LogP contribution in [0.4, 0.5) is 5.82 Å². The van der Waals surface area contributed by atoms with Gasteiger partial charge >= 0.3 is 0 Å². The first-order valence-corrected chi connectivity index (χ1v) is 11.8. The molecule has 2 aliphatic heterocycles. The molecule has 32 heavy (non-hydrogen) atoms. The van der Waals surface area contributed by atoms with Gasteiger partial charge in [0.2, 0.25) is 5.91 Å². The maximum Gasteiger partial charge on any atom is 0.225 e. The van der Waals surface area contributed by atoms with Crippen LogP contribution in [0.25, 0.3) is 0 Å². The van der Waals surface area contributed by atoms with Crippen LogP contribution >= 0.6 is 0 Å². The van der Waals surface area contributed by atoms with E-state index >= 15 is 0 Å².